The van der Waals surface area contributed by atoms with E-state index in [9.17, 15) is 14.7 Å². The van der Waals surface area contributed by atoms with Crippen molar-refractivity contribution < 1.29 is 14.7 Å². The summed E-state index contributed by atoms with van der Waals surface area (Å²) in [5, 5.41) is 12.2. The molecule has 2 atom stereocenters. The predicted octanol–water partition coefficient (Wildman–Crippen LogP) is 2.14. The summed E-state index contributed by atoms with van der Waals surface area (Å²) in [6, 6.07) is 0. The molecule has 1 aliphatic heterocycles. The van der Waals surface area contributed by atoms with Crippen molar-refractivity contribution >= 4 is 23.6 Å². The van der Waals surface area contributed by atoms with Gasteiger partial charge in [0.1, 0.15) is 0 Å². The molecule has 2 aliphatic rings. The van der Waals surface area contributed by atoms with E-state index in [0.29, 0.717) is 12.3 Å². The van der Waals surface area contributed by atoms with Crippen LogP contribution in [-0.4, -0.2) is 35.0 Å². The number of hydrogen-bond donors (Lipinski definition) is 2. The molecular formula is C14H23NO3S. The van der Waals surface area contributed by atoms with Crippen molar-refractivity contribution in [1.29, 1.82) is 0 Å². The summed E-state index contributed by atoms with van der Waals surface area (Å²) in [5.74, 6) is 1.31. The first-order valence-corrected chi connectivity index (χ1v) is 8.42. The van der Waals surface area contributed by atoms with E-state index >= 15 is 0 Å². The average molecular weight is 285 g/mol. The van der Waals surface area contributed by atoms with E-state index in [4.69, 9.17) is 0 Å². The van der Waals surface area contributed by atoms with Crippen molar-refractivity contribution in [2.75, 3.05) is 18.1 Å². The van der Waals surface area contributed by atoms with Gasteiger partial charge < -0.3 is 10.4 Å². The Morgan fingerprint density at radius 3 is 2.32 bits per heavy atom. The monoisotopic (exact) mass is 285 g/mol. The van der Waals surface area contributed by atoms with E-state index in [0.717, 1.165) is 38.6 Å². The van der Waals surface area contributed by atoms with Crippen LogP contribution < -0.4 is 5.32 Å². The van der Waals surface area contributed by atoms with Crippen LogP contribution in [0.5, 0.6) is 0 Å². The molecule has 0 aromatic carbocycles. The lowest BCUT2D eigenvalue weighted by molar-refractivity contribution is -0.148. The molecule has 1 heterocycles. The van der Waals surface area contributed by atoms with Gasteiger partial charge in [-0.05, 0) is 43.1 Å². The van der Waals surface area contributed by atoms with Gasteiger partial charge >= 0.3 is 5.97 Å². The minimum Gasteiger partial charge on any atom is -0.481 e. The Hall–Kier alpha value is -0.710. The van der Waals surface area contributed by atoms with E-state index in [1.807, 2.05) is 11.8 Å². The third-order valence-electron chi connectivity index (χ3n) is 4.33. The maximum Gasteiger partial charge on any atom is 0.307 e. The number of rotatable bonds is 4. The lowest BCUT2D eigenvalue weighted by Gasteiger charge is -2.28. The third kappa shape index (κ3) is 4.13. The fraction of sp³-hybridized carbons (Fsp3) is 0.857. The molecule has 1 amide bonds. The molecule has 0 aromatic rings. The molecule has 4 nitrogen and oxygen atoms in total. The minimum atomic E-state index is -0.811. The quantitative estimate of drug-likeness (QED) is 0.830. The molecule has 0 radical (unpaired) electrons. The lowest BCUT2D eigenvalue weighted by Crippen LogP contribution is -2.41. The zero-order valence-electron chi connectivity index (χ0n) is 11.3. The van der Waals surface area contributed by atoms with Gasteiger partial charge in [-0.2, -0.15) is 11.8 Å². The van der Waals surface area contributed by atoms with E-state index in [2.05, 4.69) is 5.32 Å². The van der Waals surface area contributed by atoms with Crippen molar-refractivity contribution in [2.24, 2.45) is 17.8 Å². The number of carboxylic acids is 1. The van der Waals surface area contributed by atoms with Crippen LogP contribution in [0.3, 0.4) is 0 Å². The second-order valence-corrected chi connectivity index (χ2v) is 6.86. The van der Waals surface area contributed by atoms with E-state index < -0.39 is 11.9 Å². The first-order valence-electron chi connectivity index (χ1n) is 7.26. The highest BCUT2D eigenvalue weighted by Crippen LogP contribution is 2.30. The molecule has 1 saturated heterocycles. The molecule has 0 spiro atoms. The maximum absolute atomic E-state index is 12.2. The summed E-state index contributed by atoms with van der Waals surface area (Å²) >= 11 is 1.97. The van der Waals surface area contributed by atoms with Gasteiger partial charge in [-0.25, -0.2) is 0 Å². The molecule has 0 aromatic heterocycles. The summed E-state index contributed by atoms with van der Waals surface area (Å²) in [4.78, 5) is 23.4. The zero-order valence-corrected chi connectivity index (χ0v) is 12.1. The highest BCUT2D eigenvalue weighted by molar-refractivity contribution is 7.99. The summed E-state index contributed by atoms with van der Waals surface area (Å²) < 4.78 is 0. The number of amides is 1. The Morgan fingerprint density at radius 2 is 1.68 bits per heavy atom. The Labute approximate surface area is 118 Å². The Balaban J connectivity index is 1.81. The second kappa shape index (κ2) is 7.17. The fourth-order valence-electron chi connectivity index (χ4n) is 3.07. The second-order valence-electron chi connectivity index (χ2n) is 5.64. The van der Waals surface area contributed by atoms with Gasteiger partial charge in [0.05, 0.1) is 11.8 Å². The molecule has 2 N–H and O–H groups in total. The van der Waals surface area contributed by atoms with E-state index in [1.54, 1.807) is 0 Å². The first-order chi connectivity index (χ1) is 9.18. The Bertz CT molecular complexity index is 329. The molecule has 1 aliphatic carbocycles. The van der Waals surface area contributed by atoms with Gasteiger partial charge in [-0.15, -0.1) is 0 Å². The molecule has 2 fully saturated rings. The number of hydrogen-bond acceptors (Lipinski definition) is 3. The largest absolute Gasteiger partial charge is 0.481 e. The van der Waals surface area contributed by atoms with E-state index in [1.165, 1.54) is 11.5 Å². The lowest BCUT2D eigenvalue weighted by atomic mass is 9.78. The molecule has 108 valence electrons. The fourth-order valence-corrected chi connectivity index (χ4v) is 4.27. The van der Waals surface area contributed by atoms with Crippen LogP contribution in [0.25, 0.3) is 0 Å². The minimum absolute atomic E-state index is 0.0367. The van der Waals surface area contributed by atoms with Crippen molar-refractivity contribution in [3.05, 3.63) is 0 Å². The van der Waals surface area contributed by atoms with Crippen molar-refractivity contribution in [2.45, 2.75) is 38.5 Å². The maximum atomic E-state index is 12.2. The average Bonchev–Trinajstić information content (AvgIpc) is 2.46. The molecule has 2 rings (SSSR count). The molecule has 1 saturated carbocycles. The van der Waals surface area contributed by atoms with Gasteiger partial charge in [-0.3, -0.25) is 9.59 Å². The number of carboxylic acid groups (broad SMARTS) is 1. The van der Waals surface area contributed by atoms with Crippen LogP contribution >= 0.6 is 11.8 Å². The smallest absolute Gasteiger partial charge is 0.307 e. The number of nitrogens with one attached hydrogen (secondary N) is 1. The van der Waals surface area contributed by atoms with Crippen LogP contribution in [0, 0.1) is 17.8 Å². The Kier molecular flexibility index (Phi) is 5.55. The number of aliphatic carboxylic acids is 1. The van der Waals surface area contributed by atoms with Crippen LogP contribution in [0.4, 0.5) is 0 Å². The van der Waals surface area contributed by atoms with Gasteiger partial charge in [0.2, 0.25) is 5.91 Å². The van der Waals surface area contributed by atoms with Gasteiger partial charge in [-0.1, -0.05) is 12.8 Å². The highest BCUT2D eigenvalue weighted by Gasteiger charge is 2.35. The summed E-state index contributed by atoms with van der Waals surface area (Å²) in [6.45, 7) is 0.724. The summed E-state index contributed by atoms with van der Waals surface area (Å²) in [6.07, 6.45) is 5.61. The normalized spacial score (nSPS) is 28.8. The molecule has 0 unspecified atom stereocenters. The van der Waals surface area contributed by atoms with Crippen molar-refractivity contribution in [3.63, 3.8) is 0 Å². The van der Waals surface area contributed by atoms with Gasteiger partial charge in [0.25, 0.3) is 0 Å². The number of carbonyl (C=O) groups is 2. The molecule has 19 heavy (non-hydrogen) atoms. The van der Waals surface area contributed by atoms with Crippen LogP contribution in [0.1, 0.15) is 38.5 Å². The van der Waals surface area contributed by atoms with Crippen LogP contribution in [-0.2, 0) is 9.59 Å². The van der Waals surface area contributed by atoms with Crippen LogP contribution in [0.15, 0.2) is 0 Å². The summed E-state index contributed by atoms with van der Waals surface area (Å²) in [5.41, 5.74) is 0. The van der Waals surface area contributed by atoms with E-state index in [-0.39, 0.29) is 11.8 Å². The molecular weight excluding hydrogens is 262 g/mol. The standard InChI is InChI=1S/C14H23NO3S/c16-13(15-9-10-5-7-19-8-6-10)11-3-1-2-4-12(11)14(17)18/h10-12H,1-9H2,(H,15,16)(H,17,18)/t11-,12+/m1/s1. The number of carbonyl (C=O) groups excluding carboxylic acids is 1. The third-order valence-corrected chi connectivity index (χ3v) is 5.37. The van der Waals surface area contributed by atoms with Gasteiger partial charge in [0.15, 0.2) is 0 Å². The topological polar surface area (TPSA) is 66.4 Å². The highest BCUT2D eigenvalue weighted by atomic mass is 32.2. The predicted molar refractivity (Wildman–Crippen MR) is 76.1 cm³/mol. The van der Waals surface area contributed by atoms with Gasteiger partial charge in [0, 0.05) is 6.54 Å². The summed E-state index contributed by atoms with van der Waals surface area (Å²) in [7, 11) is 0. The SMILES string of the molecule is O=C(O)[C@H]1CCCC[C@H]1C(=O)NCC1CCSCC1. The molecule has 0 bridgehead atoms. The zero-order chi connectivity index (χ0) is 13.7. The number of thioether (sulfide) groups is 1. The first kappa shape index (κ1) is 14.7. The van der Waals surface area contributed by atoms with Crippen molar-refractivity contribution in [1.82, 2.24) is 5.32 Å². The van der Waals surface area contributed by atoms with Crippen molar-refractivity contribution in [3.8, 4) is 0 Å². The molecule has 5 heteroatoms. The Morgan fingerprint density at radius 1 is 1.05 bits per heavy atom. The van der Waals surface area contributed by atoms with Crippen LogP contribution in [0.2, 0.25) is 0 Å².